The number of ketones is 2. The van der Waals surface area contributed by atoms with Crippen molar-refractivity contribution >= 4 is 23.7 Å². The number of carbonyl (C=O) groups excluding carboxylic acids is 2. The van der Waals surface area contributed by atoms with Crippen molar-refractivity contribution in [1.29, 1.82) is 0 Å². The molecule has 4 aromatic rings. The summed E-state index contributed by atoms with van der Waals surface area (Å²) in [7, 11) is 0. The highest BCUT2D eigenvalue weighted by Gasteiger charge is 2.02. The van der Waals surface area contributed by atoms with Gasteiger partial charge in [-0.3, -0.25) is 9.59 Å². The molecule has 0 aliphatic carbocycles. The van der Waals surface area contributed by atoms with Gasteiger partial charge in [0.2, 0.25) is 0 Å². The second-order valence-electron chi connectivity index (χ2n) is 8.68. The van der Waals surface area contributed by atoms with Gasteiger partial charge in [0.1, 0.15) is 11.5 Å². The molecule has 0 aromatic heterocycles. The summed E-state index contributed by atoms with van der Waals surface area (Å²) in [6.07, 6.45) is 8.46. The van der Waals surface area contributed by atoms with Crippen molar-refractivity contribution in [3.63, 3.8) is 0 Å². The number of rotatable bonds is 13. The van der Waals surface area contributed by atoms with Gasteiger partial charge < -0.3 is 9.47 Å². The van der Waals surface area contributed by atoms with Crippen LogP contribution >= 0.6 is 0 Å². The fraction of sp³-hybridized carbons (Fsp3) is 0.118. The molecule has 0 saturated carbocycles. The average molecular weight is 503 g/mol. The fourth-order valence-corrected chi connectivity index (χ4v) is 3.74. The molecule has 4 nitrogen and oxygen atoms in total. The lowest BCUT2D eigenvalue weighted by Gasteiger charge is -2.09. The van der Waals surface area contributed by atoms with E-state index in [0.29, 0.717) is 24.3 Å². The first-order valence-electron chi connectivity index (χ1n) is 12.7. The first-order chi connectivity index (χ1) is 18.7. The van der Waals surface area contributed by atoms with E-state index in [4.69, 9.17) is 9.47 Å². The molecule has 4 rings (SSSR count). The molecule has 0 heterocycles. The van der Waals surface area contributed by atoms with Gasteiger partial charge in [0.05, 0.1) is 13.2 Å². The van der Waals surface area contributed by atoms with Crippen LogP contribution in [0.5, 0.6) is 11.5 Å². The summed E-state index contributed by atoms with van der Waals surface area (Å²) < 4.78 is 11.8. The number of unbranched alkanes of at least 4 members (excludes halogenated alkanes) is 1. The van der Waals surface area contributed by atoms with E-state index in [0.717, 1.165) is 35.5 Å². The number of allylic oxidation sites excluding steroid dienone is 2. The molecule has 0 spiro atoms. The summed E-state index contributed by atoms with van der Waals surface area (Å²) in [6.45, 7) is 1.15. The third kappa shape index (κ3) is 8.45. The lowest BCUT2D eigenvalue weighted by Crippen LogP contribution is -2.02. The number of benzene rings is 4. The summed E-state index contributed by atoms with van der Waals surface area (Å²) >= 11 is 0. The first-order valence-corrected chi connectivity index (χ1v) is 12.7. The largest absolute Gasteiger partial charge is 0.494 e. The molecule has 0 aliphatic rings. The van der Waals surface area contributed by atoms with Crippen LogP contribution in [0.15, 0.2) is 121 Å². The lowest BCUT2D eigenvalue weighted by molar-refractivity contribution is 0.103. The van der Waals surface area contributed by atoms with Gasteiger partial charge in [-0.25, -0.2) is 0 Å². The second kappa shape index (κ2) is 14.1. The maximum absolute atomic E-state index is 12.3. The van der Waals surface area contributed by atoms with Crippen LogP contribution in [0, 0.1) is 0 Å². The Hall–Kier alpha value is -4.70. The zero-order valence-corrected chi connectivity index (χ0v) is 21.2. The summed E-state index contributed by atoms with van der Waals surface area (Å²) in [5, 5.41) is 0. The van der Waals surface area contributed by atoms with Crippen molar-refractivity contribution in [2.45, 2.75) is 12.8 Å². The Morgan fingerprint density at radius 3 is 1.37 bits per heavy atom. The summed E-state index contributed by atoms with van der Waals surface area (Å²) in [5.41, 5.74) is 3.16. The van der Waals surface area contributed by atoms with Crippen LogP contribution in [-0.2, 0) is 0 Å². The smallest absolute Gasteiger partial charge is 0.185 e. The van der Waals surface area contributed by atoms with Crippen molar-refractivity contribution in [1.82, 2.24) is 0 Å². The number of hydrogen-bond donors (Lipinski definition) is 0. The summed E-state index contributed by atoms with van der Waals surface area (Å²) in [4.78, 5) is 24.5. The quantitative estimate of drug-likeness (QED) is 0.107. The Morgan fingerprint density at radius 1 is 0.526 bits per heavy atom. The Labute approximate surface area is 223 Å². The van der Waals surface area contributed by atoms with Crippen LogP contribution in [-0.4, -0.2) is 24.8 Å². The molecule has 4 heteroatoms. The van der Waals surface area contributed by atoms with Gasteiger partial charge in [0.15, 0.2) is 11.6 Å². The van der Waals surface area contributed by atoms with E-state index in [-0.39, 0.29) is 11.6 Å². The van der Waals surface area contributed by atoms with Gasteiger partial charge >= 0.3 is 0 Å². The number of hydrogen-bond acceptors (Lipinski definition) is 4. The van der Waals surface area contributed by atoms with Crippen molar-refractivity contribution in [3.8, 4) is 11.5 Å². The lowest BCUT2D eigenvalue weighted by atomic mass is 10.1. The maximum atomic E-state index is 12.3. The van der Waals surface area contributed by atoms with E-state index in [9.17, 15) is 9.59 Å². The standard InChI is InChI=1S/C34H30O4/c35-33(29-13-3-1-4-14-29)21-19-27-11-9-17-31(25-27)37-23-7-8-24-38-32-18-10-12-28(26-32)20-22-34(36)30-15-5-2-6-16-30/h1-6,9-22,25-26H,7-8,23-24H2/b21-19+,22-20+. The summed E-state index contributed by atoms with van der Waals surface area (Å²) in [6, 6.07) is 33.8. The predicted molar refractivity (Wildman–Crippen MR) is 153 cm³/mol. The van der Waals surface area contributed by atoms with E-state index >= 15 is 0 Å². The molecule has 0 amide bonds. The van der Waals surface area contributed by atoms with E-state index in [2.05, 4.69) is 0 Å². The third-order valence-corrected chi connectivity index (χ3v) is 5.76. The molecule has 0 unspecified atom stereocenters. The summed E-state index contributed by atoms with van der Waals surface area (Å²) in [5.74, 6) is 1.48. The van der Waals surface area contributed by atoms with Crippen LogP contribution in [0.3, 0.4) is 0 Å². The Kier molecular flexibility index (Phi) is 9.81. The first kappa shape index (κ1) is 26.4. The molecule has 0 aliphatic heterocycles. The van der Waals surface area contributed by atoms with Crippen molar-refractivity contribution < 1.29 is 19.1 Å². The number of ether oxygens (including phenoxy) is 2. The average Bonchev–Trinajstić information content (AvgIpc) is 2.98. The minimum Gasteiger partial charge on any atom is -0.494 e. The molecule has 4 aromatic carbocycles. The van der Waals surface area contributed by atoms with Crippen LogP contribution in [0.4, 0.5) is 0 Å². The maximum Gasteiger partial charge on any atom is 0.185 e. The normalized spacial score (nSPS) is 11.1. The Bertz CT molecular complexity index is 1280. The van der Waals surface area contributed by atoms with Gasteiger partial charge in [-0.2, -0.15) is 0 Å². The highest BCUT2D eigenvalue weighted by molar-refractivity contribution is 6.07. The SMILES string of the molecule is O=C(/C=C/c1cccc(OCCCCOc2cccc(/C=C/C(=O)c3ccccc3)c2)c1)c1ccccc1. The highest BCUT2D eigenvalue weighted by Crippen LogP contribution is 2.17. The van der Waals surface area contributed by atoms with Gasteiger partial charge in [-0.15, -0.1) is 0 Å². The van der Waals surface area contributed by atoms with Crippen LogP contribution in [0.1, 0.15) is 44.7 Å². The highest BCUT2D eigenvalue weighted by atomic mass is 16.5. The molecule has 0 saturated heterocycles. The van der Waals surface area contributed by atoms with Crippen LogP contribution < -0.4 is 9.47 Å². The van der Waals surface area contributed by atoms with Gasteiger partial charge in [0, 0.05) is 11.1 Å². The minimum atomic E-state index is -0.0286. The second-order valence-corrected chi connectivity index (χ2v) is 8.68. The van der Waals surface area contributed by atoms with Gasteiger partial charge in [0.25, 0.3) is 0 Å². The van der Waals surface area contributed by atoms with Crippen LogP contribution in [0.25, 0.3) is 12.2 Å². The van der Waals surface area contributed by atoms with Crippen molar-refractivity contribution in [2.75, 3.05) is 13.2 Å². The Balaban J connectivity index is 1.17. The molecule has 38 heavy (non-hydrogen) atoms. The van der Waals surface area contributed by atoms with E-state index in [1.54, 1.807) is 48.6 Å². The Morgan fingerprint density at radius 2 is 0.947 bits per heavy atom. The molecular weight excluding hydrogens is 472 g/mol. The van der Waals surface area contributed by atoms with Gasteiger partial charge in [-0.1, -0.05) is 97.1 Å². The molecule has 0 N–H and O–H groups in total. The van der Waals surface area contributed by atoms with E-state index in [1.165, 1.54) is 0 Å². The molecular formula is C34H30O4. The van der Waals surface area contributed by atoms with Gasteiger partial charge in [-0.05, 0) is 60.4 Å². The molecule has 0 radical (unpaired) electrons. The molecule has 190 valence electrons. The van der Waals surface area contributed by atoms with E-state index < -0.39 is 0 Å². The predicted octanol–water partition coefficient (Wildman–Crippen LogP) is 7.72. The van der Waals surface area contributed by atoms with Crippen molar-refractivity contribution in [2.24, 2.45) is 0 Å². The monoisotopic (exact) mass is 502 g/mol. The number of carbonyl (C=O) groups is 2. The van der Waals surface area contributed by atoms with Crippen LogP contribution in [0.2, 0.25) is 0 Å². The van der Waals surface area contributed by atoms with E-state index in [1.807, 2.05) is 84.9 Å². The topological polar surface area (TPSA) is 52.6 Å². The zero-order valence-electron chi connectivity index (χ0n) is 21.2. The minimum absolute atomic E-state index is 0.0286. The third-order valence-electron chi connectivity index (χ3n) is 5.76. The van der Waals surface area contributed by atoms with Crippen molar-refractivity contribution in [3.05, 3.63) is 144 Å². The zero-order chi connectivity index (χ0) is 26.4. The molecule has 0 fully saturated rings. The molecule has 0 atom stereocenters. The fourth-order valence-electron chi connectivity index (χ4n) is 3.74. The molecule has 0 bridgehead atoms.